The van der Waals surface area contributed by atoms with Crippen LogP contribution in [0, 0.1) is 0 Å². The van der Waals surface area contributed by atoms with E-state index in [2.05, 4.69) is 5.32 Å². The van der Waals surface area contributed by atoms with E-state index in [9.17, 15) is 4.79 Å². The van der Waals surface area contributed by atoms with E-state index in [0.717, 1.165) is 32.5 Å². The van der Waals surface area contributed by atoms with Crippen molar-refractivity contribution in [1.82, 2.24) is 10.2 Å². The average molecular weight is 184 g/mol. The van der Waals surface area contributed by atoms with E-state index in [1.54, 1.807) is 7.11 Å². The van der Waals surface area contributed by atoms with Gasteiger partial charge in [-0.3, -0.25) is 4.79 Å². The summed E-state index contributed by atoms with van der Waals surface area (Å²) in [4.78, 5) is 13.6. The number of likely N-dealkylation sites (tertiary alicyclic amines) is 1. The highest BCUT2D eigenvalue weighted by Gasteiger charge is 2.35. The van der Waals surface area contributed by atoms with E-state index in [4.69, 9.17) is 4.74 Å². The fourth-order valence-corrected chi connectivity index (χ4v) is 1.88. The quantitative estimate of drug-likeness (QED) is 0.634. The standard InChI is InChI=1S/C9H16N2O2/c1-13-7-5-11(6-7)9(12)8-3-2-4-10-8/h7-8,10H,2-6H2,1H3. The Kier molecular flexibility index (Phi) is 2.51. The van der Waals surface area contributed by atoms with Crippen molar-refractivity contribution >= 4 is 5.91 Å². The van der Waals surface area contributed by atoms with Crippen LogP contribution in [-0.2, 0) is 9.53 Å². The van der Waals surface area contributed by atoms with E-state index >= 15 is 0 Å². The van der Waals surface area contributed by atoms with E-state index < -0.39 is 0 Å². The predicted molar refractivity (Wildman–Crippen MR) is 48.4 cm³/mol. The Morgan fingerprint density at radius 2 is 2.31 bits per heavy atom. The number of hydrogen-bond acceptors (Lipinski definition) is 3. The van der Waals surface area contributed by atoms with Crippen LogP contribution < -0.4 is 5.32 Å². The number of methoxy groups -OCH3 is 1. The van der Waals surface area contributed by atoms with Gasteiger partial charge in [0.15, 0.2) is 0 Å². The first kappa shape index (κ1) is 8.97. The molecule has 1 N–H and O–H groups in total. The summed E-state index contributed by atoms with van der Waals surface area (Å²) in [7, 11) is 1.69. The molecule has 2 saturated heterocycles. The lowest BCUT2D eigenvalue weighted by molar-refractivity contribution is -0.144. The van der Waals surface area contributed by atoms with Gasteiger partial charge in [-0.1, -0.05) is 0 Å². The number of carbonyl (C=O) groups excluding carboxylic acids is 1. The molecule has 4 nitrogen and oxygen atoms in total. The molecular weight excluding hydrogens is 168 g/mol. The Bertz CT molecular complexity index is 196. The van der Waals surface area contributed by atoms with Crippen LogP contribution in [0.1, 0.15) is 12.8 Å². The highest BCUT2D eigenvalue weighted by atomic mass is 16.5. The molecule has 0 spiro atoms. The zero-order valence-electron chi connectivity index (χ0n) is 7.95. The molecule has 2 heterocycles. The van der Waals surface area contributed by atoms with Gasteiger partial charge in [0.25, 0.3) is 0 Å². The molecule has 0 aromatic carbocycles. The molecule has 74 valence electrons. The van der Waals surface area contributed by atoms with Gasteiger partial charge in [-0.15, -0.1) is 0 Å². The van der Waals surface area contributed by atoms with Crippen LogP contribution in [0.2, 0.25) is 0 Å². The van der Waals surface area contributed by atoms with Crippen molar-refractivity contribution in [2.75, 3.05) is 26.7 Å². The molecule has 2 aliphatic rings. The van der Waals surface area contributed by atoms with Gasteiger partial charge in [0.2, 0.25) is 5.91 Å². The molecule has 4 heteroatoms. The third kappa shape index (κ3) is 1.69. The third-order valence-corrected chi connectivity index (χ3v) is 2.85. The van der Waals surface area contributed by atoms with Crippen LogP contribution >= 0.6 is 0 Å². The molecule has 2 aliphatic heterocycles. The zero-order chi connectivity index (χ0) is 9.26. The van der Waals surface area contributed by atoms with Gasteiger partial charge in [0.1, 0.15) is 0 Å². The minimum atomic E-state index is 0.0813. The normalized spacial score (nSPS) is 29.0. The van der Waals surface area contributed by atoms with Gasteiger partial charge in [0, 0.05) is 20.2 Å². The van der Waals surface area contributed by atoms with Crippen molar-refractivity contribution in [2.24, 2.45) is 0 Å². The van der Waals surface area contributed by atoms with Gasteiger partial charge in [-0.25, -0.2) is 0 Å². The highest BCUT2D eigenvalue weighted by Crippen LogP contribution is 2.15. The number of carbonyl (C=O) groups is 1. The van der Waals surface area contributed by atoms with Crippen molar-refractivity contribution < 1.29 is 9.53 Å². The molecule has 0 aliphatic carbocycles. The van der Waals surface area contributed by atoms with Gasteiger partial charge in [0.05, 0.1) is 12.1 Å². The van der Waals surface area contributed by atoms with Gasteiger partial charge in [-0.2, -0.15) is 0 Å². The van der Waals surface area contributed by atoms with Crippen LogP contribution in [0.3, 0.4) is 0 Å². The fourth-order valence-electron chi connectivity index (χ4n) is 1.88. The summed E-state index contributed by atoms with van der Waals surface area (Å²) in [6.07, 6.45) is 2.38. The first-order valence-corrected chi connectivity index (χ1v) is 4.86. The van der Waals surface area contributed by atoms with Crippen molar-refractivity contribution in [1.29, 1.82) is 0 Å². The molecule has 0 bridgehead atoms. The number of nitrogens with zero attached hydrogens (tertiary/aromatic N) is 1. The smallest absolute Gasteiger partial charge is 0.239 e. The number of hydrogen-bond donors (Lipinski definition) is 1. The summed E-state index contributed by atoms with van der Waals surface area (Å²) in [6.45, 7) is 2.53. The molecule has 0 radical (unpaired) electrons. The maximum atomic E-state index is 11.7. The van der Waals surface area contributed by atoms with Crippen molar-refractivity contribution in [2.45, 2.75) is 25.0 Å². The average Bonchev–Trinajstić information content (AvgIpc) is 2.53. The number of amides is 1. The maximum Gasteiger partial charge on any atom is 0.239 e. The minimum Gasteiger partial charge on any atom is -0.378 e. The van der Waals surface area contributed by atoms with Crippen LogP contribution in [0.4, 0.5) is 0 Å². The monoisotopic (exact) mass is 184 g/mol. The molecule has 13 heavy (non-hydrogen) atoms. The van der Waals surface area contributed by atoms with E-state index in [0.29, 0.717) is 0 Å². The number of ether oxygens (including phenoxy) is 1. The summed E-state index contributed by atoms with van der Waals surface area (Å²) in [5, 5.41) is 3.21. The Hall–Kier alpha value is -0.610. The minimum absolute atomic E-state index is 0.0813. The Morgan fingerprint density at radius 1 is 1.54 bits per heavy atom. The van der Waals surface area contributed by atoms with Gasteiger partial charge >= 0.3 is 0 Å². The molecular formula is C9H16N2O2. The topological polar surface area (TPSA) is 41.6 Å². The molecule has 2 rings (SSSR count). The van der Waals surface area contributed by atoms with Crippen LogP contribution in [0.25, 0.3) is 0 Å². The first-order chi connectivity index (χ1) is 6.31. The second-order valence-corrected chi connectivity index (χ2v) is 3.75. The molecule has 1 unspecified atom stereocenters. The largest absolute Gasteiger partial charge is 0.378 e. The predicted octanol–water partition coefficient (Wildman–Crippen LogP) is -0.404. The second kappa shape index (κ2) is 3.64. The molecule has 1 amide bonds. The molecule has 2 fully saturated rings. The Labute approximate surface area is 78.2 Å². The maximum absolute atomic E-state index is 11.7. The summed E-state index contributed by atoms with van der Waals surface area (Å²) in [5.74, 6) is 0.255. The SMILES string of the molecule is COC1CN(C(=O)C2CCCN2)C1. The summed E-state index contributed by atoms with van der Waals surface area (Å²) in [6, 6.07) is 0.0813. The lowest BCUT2D eigenvalue weighted by Crippen LogP contribution is -2.58. The molecule has 0 saturated carbocycles. The van der Waals surface area contributed by atoms with E-state index in [1.165, 1.54) is 0 Å². The van der Waals surface area contributed by atoms with E-state index in [1.807, 2.05) is 4.90 Å². The van der Waals surface area contributed by atoms with Gasteiger partial charge < -0.3 is 15.0 Å². The lowest BCUT2D eigenvalue weighted by Gasteiger charge is -2.39. The highest BCUT2D eigenvalue weighted by molar-refractivity contribution is 5.83. The number of rotatable bonds is 2. The number of nitrogens with one attached hydrogen (secondary N) is 1. The zero-order valence-corrected chi connectivity index (χ0v) is 7.95. The Morgan fingerprint density at radius 3 is 2.85 bits per heavy atom. The fraction of sp³-hybridized carbons (Fsp3) is 0.889. The second-order valence-electron chi connectivity index (χ2n) is 3.75. The summed E-state index contributed by atoms with van der Waals surface area (Å²) < 4.78 is 5.11. The van der Waals surface area contributed by atoms with Crippen LogP contribution in [-0.4, -0.2) is 49.7 Å². The molecule has 0 aromatic heterocycles. The Balaban J connectivity index is 1.78. The van der Waals surface area contributed by atoms with E-state index in [-0.39, 0.29) is 18.1 Å². The first-order valence-electron chi connectivity index (χ1n) is 4.86. The summed E-state index contributed by atoms with van der Waals surface area (Å²) >= 11 is 0. The van der Waals surface area contributed by atoms with Crippen LogP contribution in [0.5, 0.6) is 0 Å². The van der Waals surface area contributed by atoms with Crippen LogP contribution in [0.15, 0.2) is 0 Å². The van der Waals surface area contributed by atoms with Crippen molar-refractivity contribution in [3.05, 3.63) is 0 Å². The van der Waals surface area contributed by atoms with Gasteiger partial charge in [-0.05, 0) is 19.4 Å². The molecule has 0 aromatic rings. The van der Waals surface area contributed by atoms with Crippen molar-refractivity contribution in [3.8, 4) is 0 Å². The summed E-state index contributed by atoms with van der Waals surface area (Å²) in [5.41, 5.74) is 0. The van der Waals surface area contributed by atoms with Crippen molar-refractivity contribution in [3.63, 3.8) is 0 Å². The third-order valence-electron chi connectivity index (χ3n) is 2.85. The molecule has 1 atom stereocenters. The lowest BCUT2D eigenvalue weighted by atomic mass is 10.1.